The van der Waals surface area contributed by atoms with Gasteiger partial charge in [-0.3, -0.25) is 14.4 Å². The van der Waals surface area contributed by atoms with Crippen LogP contribution in [0.5, 0.6) is 0 Å². The molecule has 0 aromatic heterocycles. The molecule has 4 rings (SSSR count). The first-order valence-corrected chi connectivity index (χ1v) is 12.1. The molecule has 2 heterocycles. The first-order chi connectivity index (χ1) is 16.0. The summed E-state index contributed by atoms with van der Waals surface area (Å²) < 4.78 is 5.48. The summed E-state index contributed by atoms with van der Waals surface area (Å²) >= 11 is 0. The van der Waals surface area contributed by atoms with Crippen molar-refractivity contribution in [3.05, 3.63) is 47.5 Å². The zero-order valence-electron chi connectivity index (χ0n) is 19.1. The van der Waals surface area contributed by atoms with Crippen LogP contribution in [0.2, 0.25) is 0 Å². The Morgan fingerprint density at radius 1 is 1.15 bits per heavy atom. The molecule has 0 bridgehead atoms. The molecule has 1 aromatic carbocycles. The van der Waals surface area contributed by atoms with E-state index in [1.165, 1.54) is 0 Å². The van der Waals surface area contributed by atoms with Crippen LogP contribution < -0.4 is 5.32 Å². The summed E-state index contributed by atoms with van der Waals surface area (Å²) in [6.45, 7) is 0.535. The number of amides is 2. The Labute approximate surface area is 195 Å². The van der Waals surface area contributed by atoms with Crippen molar-refractivity contribution in [2.45, 2.75) is 75.9 Å². The number of esters is 1. The van der Waals surface area contributed by atoms with E-state index >= 15 is 0 Å². The van der Waals surface area contributed by atoms with Crippen LogP contribution in [0.25, 0.3) is 0 Å². The van der Waals surface area contributed by atoms with Crippen molar-refractivity contribution in [2.75, 3.05) is 13.2 Å². The average Bonchev–Trinajstić information content (AvgIpc) is 3.28. The molecule has 2 N–H and O–H groups in total. The second kappa shape index (κ2) is 10.5. The first kappa shape index (κ1) is 23.5. The van der Waals surface area contributed by atoms with E-state index in [2.05, 4.69) is 5.32 Å². The van der Waals surface area contributed by atoms with Gasteiger partial charge in [-0.15, -0.1) is 0 Å². The van der Waals surface area contributed by atoms with Crippen molar-refractivity contribution >= 4 is 17.8 Å². The summed E-state index contributed by atoms with van der Waals surface area (Å²) in [4.78, 5) is 40.4. The molecule has 1 spiro atoms. The number of fused-ring (bicyclic) bond motifs is 1. The highest BCUT2D eigenvalue weighted by atomic mass is 16.5. The third kappa shape index (κ3) is 5.64. The normalized spacial score (nSPS) is 25.5. The van der Waals surface area contributed by atoms with Crippen molar-refractivity contribution in [2.24, 2.45) is 5.92 Å². The molecule has 1 fully saturated rings. The fraction of sp³-hybridized carbons (Fsp3) is 0.577. The maximum Gasteiger partial charge on any atom is 0.306 e. The summed E-state index contributed by atoms with van der Waals surface area (Å²) in [5.41, 5.74) is 1.71. The maximum absolute atomic E-state index is 13.4. The minimum absolute atomic E-state index is 0.0880. The molecule has 7 heteroatoms. The zero-order valence-corrected chi connectivity index (χ0v) is 19.1. The fourth-order valence-corrected chi connectivity index (χ4v) is 5.24. The molecule has 0 radical (unpaired) electrons. The molecule has 2 amide bonds. The predicted molar refractivity (Wildman–Crippen MR) is 123 cm³/mol. The van der Waals surface area contributed by atoms with Crippen LogP contribution in [0, 0.1) is 5.92 Å². The highest BCUT2D eigenvalue weighted by Crippen LogP contribution is 2.32. The van der Waals surface area contributed by atoms with Crippen molar-refractivity contribution in [1.82, 2.24) is 10.2 Å². The fourth-order valence-electron chi connectivity index (χ4n) is 5.24. The lowest BCUT2D eigenvalue weighted by Crippen LogP contribution is -2.53. The molecule has 1 saturated carbocycles. The van der Waals surface area contributed by atoms with Gasteiger partial charge in [0.1, 0.15) is 6.61 Å². The van der Waals surface area contributed by atoms with Crippen molar-refractivity contribution in [1.29, 1.82) is 0 Å². The minimum atomic E-state index is -0.533. The second-order valence-electron chi connectivity index (χ2n) is 9.62. The van der Waals surface area contributed by atoms with Crippen LogP contribution in [-0.4, -0.2) is 52.6 Å². The molecular weight excluding hydrogens is 420 g/mol. The summed E-state index contributed by atoms with van der Waals surface area (Å²) in [5, 5.41) is 13.1. The zero-order chi connectivity index (χ0) is 23.3. The SMILES string of the molecule is O=C1CCC=CC[C@H](CC(=O)N2Cc3ccccc3C[C@H]2CO)C(=O)NC2(CCCC2)CO1. The first-order valence-electron chi connectivity index (χ1n) is 12.1. The molecular formula is C26H34N2O5. The largest absolute Gasteiger partial charge is 0.463 e. The van der Waals surface area contributed by atoms with Gasteiger partial charge in [-0.2, -0.15) is 0 Å². The number of hydrogen-bond donors (Lipinski definition) is 2. The van der Waals surface area contributed by atoms with Gasteiger partial charge in [0.2, 0.25) is 11.8 Å². The van der Waals surface area contributed by atoms with E-state index in [9.17, 15) is 19.5 Å². The maximum atomic E-state index is 13.4. The number of ether oxygens (including phenoxy) is 1. The third-order valence-corrected chi connectivity index (χ3v) is 7.24. The molecule has 0 unspecified atom stereocenters. The summed E-state index contributed by atoms with van der Waals surface area (Å²) in [6, 6.07) is 7.71. The molecule has 1 aliphatic carbocycles. The number of rotatable bonds is 3. The Hall–Kier alpha value is -2.67. The lowest BCUT2D eigenvalue weighted by molar-refractivity contribution is -0.147. The van der Waals surface area contributed by atoms with Crippen LogP contribution in [0.3, 0.4) is 0 Å². The summed E-state index contributed by atoms with van der Waals surface area (Å²) in [6.07, 6.45) is 9.30. The van der Waals surface area contributed by atoms with Crippen LogP contribution in [0.1, 0.15) is 62.5 Å². The molecule has 2 atom stereocenters. The predicted octanol–water partition coefficient (Wildman–Crippen LogP) is 2.65. The number of carbonyl (C=O) groups is 3. The van der Waals surface area contributed by atoms with E-state index in [0.29, 0.717) is 32.2 Å². The smallest absolute Gasteiger partial charge is 0.306 e. The van der Waals surface area contributed by atoms with Gasteiger partial charge in [0.25, 0.3) is 0 Å². The molecule has 1 aromatic rings. The molecule has 2 aliphatic heterocycles. The number of aliphatic hydroxyl groups excluding tert-OH is 1. The number of aliphatic hydroxyl groups is 1. The monoisotopic (exact) mass is 454 g/mol. The Balaban J connectivity index is 1.50. The van der Waals surface area contributed by atoms with E-state index in [-0.39, 0.29) is 43.5 Å². The quantitative estimate of drug-likeness (QED) is 0.541. The highest BCUT2D eigenvalue weighted by molar-refractivity contribution is 5.86. The number of carbonyl (C=O) groups excluding carboxylic acids is 3. The number of cyclic esters (lactones) is 1. The van der Waals surface area contributed by atoms with Gasteiger partial charge in [-0.25, -0.2) is 0 Å². The van der Waals surface area contributed by atoms with E-state index < -0.39 is 11.5 Å². The van der Waals surface area contributed by atoms with Gasteiger partial charge in [-0.1, -0.05) is 49.3 Å². The van der Waals surface area contributed by atoms with Crippen molar-refractivity contribution in [3.8, 4) is 0 Å². The van der Waals surface area contributed by atoms with Gasteiger partial charge in [0, 0.05) is 19.4 Å². The van der Waals surface area contributed by atoms with E-state index in [1.807, 2.05) is 36.4 Å². The number of allylic oxidation sites excluding steroid dienone is 2. The molecule has 33 heavy (non-hydrogen) atoms. The highest BCUT2D eigenvalue weighted by Gasteiger charge is 2.39. The van der Waals surface area contributed by atoms with Crippen LogP contribution in [-0.2, 0) is 32.1 Å². The molecule has 178 valence electrons. The molecule has 3 aliphatic rings. The van der Waals surface area contributed by atoms with Gasteiger partial charge >= 0.3 is 5.97 Å². The minimum Gasteiger partial charge on any atom is -0.463 e. The second-order valence-corrected chi connectivity index (χ2v) is 9.62. The lowest BCUT2D eigenvalue weighted by atomic mass is 9.91. The van der Waals surface area contributed by atoms with Crippen LogP contribution in [0.15, 0.2) is 36.4 Å². The summed E-state index contributed by atoms with van der Waals surface area (Å²) in [7, 11) is 0. The Morgan fingerprint density at radius 2 is 1.91 bits per heavy atom. The molecule has 0 saturated heterocycles. The topological polar surface area (TPSA) is 95.9 Å². The van der Waals surface area contributed by atoms with Crippen molar-refractivity contribution < 1.29 is 24.2 Å². The Bertz CT molecular complexity index is 906. The van der Waals surface area contributed by atoms with Gasteiger partial charge < -0.3 is 20.1 Å². The Morgan fingerprint density at radius 3 is 2.67 bits per heavy atom. The number of nitrogens with zero attached hydrogens (tertiary/aromatic N) is 1. The number of nitrogens with one attached hydrogen (secondary N) is 1. The van der Waals surface area contributed by atoms with Gasteiger partial charge in [0.05, 0.1) is 24.1 Å². The van der Waals surface area contributed by atoms with Crippen LogP contribution in [0.4, 0.5) is 0 Å². The van der Waals surface area contributed by atoms with Crippen molar-refractivity contribution in [3.63, 3.8) is 0 Å². The van der Waals surface area contributed by atoms with Gasteiger partial charge in [-0.05, 0) is 43.2 Å². The molecule has 7 nitrogen and oxygen atoms in total. The average molecular weight is 455 g/mol. The van der Waals surface area contributed by atoms with Gasteiger partial charge in [0.15, 0.2) is 0 Å². The van der Waals surface area contributed by atoms with E-state index in [4.69, 9.17) is 4.74 Å². The Kier molecular flexibility index (Phi) is 7.48. The van der Waals surface area contributed by atoms with E-state index in [0.717, 1.165) is 36.8 Å². The van der Waals surface area contributed by atoms with Crippen LogP contribution >= 0.6 is 0 Å². The standard InChI is InChI=1S/C26H34N2O5/c29-17-22-14-19-8-4-5-10-21(19)16-28(22)23(30)15-20-9-2-1-3-11-24(31)33-18-26(27-25(20)32)12-6-7-13-26/h1-2,4-5,8,10,20,22,29H,3,6-7,9,11-18H2,(H,27,32)/t20-,22+/m1/s1. The number of hydrogen-bond acceptors (Lipinski definition) is 5. The number of benzene rings is 1. The van der Waals surface area contributed by atoms with E-state index in [1.54, 1.807) is 4.90 Å². The third-order valence-electron chi connectivity index (χ3n) is 7.24. The summed E-state index contributed by atoms with van der Waals surface area (Å²) in [5.74, 6) is -1.02. The lowest BCUT2D eigenvalue weighted by Gasteiger charge is -2.37.